The molecular weight excluding hydrogens is 218 g/mol. The molecule has 1 aromatic carbocycles. The molecule has 18 heavy (non-hydrogen) atoms. The molecule has 1 N–H and O–H groups in total. The van der Waals surface area contributed by atoms with E-state index >= 15 is 0 Å². The molecule has 1 saturated carbocycles. The van der Waals surface area contributed by atoms with Gasteiger partial charge in [0.1, 0.15) is 0 Å². The van der Waals surface area contributed by atoms with E-state index in [-0.39, 0.29) is 0 Å². The van der Waals surface area contributed by atoms with Crippen LogP contribution in [0.3, 0.4) is 0 Å². The van der Waals surface area contributed by atoms with Gasteiger partial charge in [0.05, 0.1) is 0 Å². The summed E-state index contributed by atoms with van der Waals surface area (Å²) >= 11 is 0. The number of rotatable bonds is 5. The highest BCUT2D eigenvalue weighted by molar-refractivity contribution is 5.27. The molecule has 0 spiro atoms. The summed E-state index contributed by atoms with van der Waals surface area (Å²) in [5.41, 5.74) is 2.92. The van der Waals surface area contributed by atoms with Crippen molar-refractivity contribution in [1.82, 2.24) is 5.32 Å². The topological polar surface area (TPSA) is 12.0 Å². The first-order valence-electron chi connectivity index (χ1n) is 7.42. The lowest BCUT2D eigenvalue weighted by atomic mass is 9.75. The normalized spacial score (nSPS) is 26.4. The second-order valence-electron chi connectivity index (χ2n) is 6.12. The highest BCUT2D eigenvalue weighted by atomic mass is 15.0. The number of aryl methyl sites for hydroxylation is 1. The molecular formula is C17H27N. The Kier molecular flexibility index (Phi) is 4.45. The molecule has 1 aliphatic rings. The highest BCUT2D eigenvalue weighted by Gasteiger charge is 2.31. The molecule has 2 unspecified atom stereocenters. The second-order valence-corrected chi connectivity index (χ2v) is 6.12. The minimum Gasteiger partial charge on any atom is -0.311 e. The van der Waals surface area contributed by atoms with E-state index in [1.807, 2.05) is 0 Å². The van der Waals surface area contributed by atoms with Gasteiger partial charge in [-0.05, 0) is 44.1 Å². The lowest BCUT2D eigenvalue weighted by molar-refractivity contribution is 0.241. The molecule has 0 saturated heterocycles. The molecule has 100 valence electrons. The van der Waals surface area contributed by atoms with Crippen molar-refractivity contribution in [3.63, 3.8) is 0 Å². The van der Waals surface area contributed by atoms with Crippen LogP contribution in [-0.4, -0.2) is 12.1 Å². The van der Waals surface area contributed by atoms with E-state index < -0.39 is 0 Å². The van der Waals surface area contributed by atoms with Crippen molar-refractivity contribution in [3.8, 4) is 0 Å². The average Bonchev–Trinajstić information content (AvgIpc) is 2.31. The molecule has 1 aromatic rings. The second kappa shape index (κ2) is 5.88. The van der Waals surface area contributed by atoms with Crippen molar-refractivity contribution in [2.45, 2.75) is 65.0 Å². The van der Waals surface area contributed by atoms with E-state index in [1.165, 1.54) is 30.4 Å². The van der Waals surface area contributed by atoms with Crippen LogP contribution in [-0.2, 0) is 0 Å². The lowest BCUT2D eigenvalue weighted by Gasteiger charge is -2.39. The minimum absolute atomic E-state index is 0.651. The molecule has 0 aliphatic heterocycles. The first kappa shape index (κ1) is 13.6. The Labute approximate surface area is 112 Å². The van der Waals surface area contributed by atoms with Gasteiger partial charge < -0.3 is 5.32 Å². The zero-order valence-corrected chi connectivity index (χ0v) is 12.2. The lowest BCUT2D eigenvalue weighted by Crippen LogP contribution is -2.46. The fraction of sp³-hybridized carbons (Fsp3) is 0.647. The molecule has 2 atom stereocenters. The molecule has 1 nitrogen and oxygen atoms in total. The maximum absolute atomic E-state index is 3.78. The van der Waals surface area contributed by atoms with Crippen molar-refractivity contribution in [2.75, 3.05) is 0 Å². The SMILES string of the molecule is CCC(C)C(C)NC1CC(c2cccc(C)c2)C1. The molecule has 1 aliphatic carbocycles. The van der Waals surface area contributed by atoms with Crippen LogP contribution >= 0.6 is 0 Å². The quantitative estimate of drug-likeness (QED) is 0.817. The zero-order valence-electron chi connectivity index (χ0n) is 12.2. The summed E-state index contributed by atoms with van der Waals surface area (Å²) < 4.78 is 0. The molecule has 2 rings (SSSR count). The molecule has 0 heterocycles. The molecule has 0 amide bonds. The first-order chi connectivity index (χ1) is 8.60. The van der Waals surface area contributed by atoms with E-state index in [0.717, 1.165) is 17.9 Å². The van der Waals surface area contributed by atoms with Gasteiger partial charge in [-0.3, -0.25) is 0 Å². The highest BCUT2D eigenvalue weighted by Crippen LogP contribution is 2.37. The van der Waals surface area contributed by atoms with E-state index in [2.05, 4.69) is 57.3 Å². The zero-order chi connectivity index (χ0) is 13.1. The van der Waals surface area contributed by atoms with Gasteiger partial charge in [-0.1, -0.05) is 50.1 Å². The van der Waals surface area contributed by atoms with Crippen LogP contribution in [0.4, 0.5) is 0 Å². The monoisotopic (exact) mass is 245 g/mol. The fourth-order valence-electron chi connectivity index (χ4n) is 2.84. The van der Waals surface area contributed by atoms with E-state index in [1.54, 1.807) is 0 Å². The van der Waals surface area contributed by atoms with Gasteiger partial charge in [0.2, 0.25) is 0 Å². The first-order valence-corrected chi connectivity index (χ1v) is 7.42. The van der Waals surface area contributed by atoms with Gasteiger partial charge in [-0.2, -0.15) is 0 Å². The number of hydrogen-bond acceptors (Lipinski definition) is 1. The fourth-order valence-corrected chi connectivity index (χ4v) is 2.84. The van der Waals surface area contributed by atoms with Gasteiger partial charge in [0.15, 0.2) is 0 Å². The van der Waals surface area contributed by atoms with Gasteiger partial charge >= 0.3 is 0 Å². The van der Waals surface area contributed by atoms with Crippen LogP contribution < -0.4 is 5.32 Å². The van der Waals surface area contributed by atoms with Crippen LogP contribution in [0.1, 0.15) is 57.1 Å². The third-order valence-electron chi connectivity index (χ3n) is 4.65. The van der Waals surface area contributed by atoms with E-state index in [9.17, 15) is 0 Å². The predicted octanol–water partition coefficient (Wildman–Crippen LogP) is 4.27. The summed E-state index contributed by atoms with van der Waals surface area (Å²) in [4.78, 5) is 0. The van der Waals surface area contributed by atoms with Gasteiger partial charge in [-0.15, -0.1) is 0 Å². The van der Waals surface area contributed by atoms with Crippen molar-refractivity contribution in [2.24, 2.45) is 5.92 Å². The Morgan fingerprint density at radius 3 is 2.61 bits per heavy atom. The number of benzene rings is 1. The van der Waals surface area contributed by atoms with Gasteiger partial charge in [0, 0.05) is 12.1 Å². The molecule has 1 heteroatoms. The van der Waals surface area contributed by atoms with Crippen LogP contribution in [0.15, 0.2) is 24.3 Å². The van der Waals surface area contributed by atoms with E-state index in [0.29, 0.717) is 6.04 Å². The van der Waals surface area contributed by atoms with Crippen LogP contribution in [0, 0.1) is 12.8 Å². The van der Waals surface area contributed by atoms with Gasteiger partial charge in [-0.25, -0.2) is 0 Å². The van der Waals surface area contributed by atoms with E-state index in [4.69, 9.17) is 0 Å². The average molecular weight is 245 g/mol. The maximum Gasteiger partial charge on any atom is 0.00813 e. The minimum atomic E-state index is 0.651. The van der Waals surface area contributed by atoms with Crippen LogP contribution in [0.25, 0.3) is 0 Å². The third-order valence-corrected chi connectivity index (χ3v) is 4.65. The Morgan fingerprint density at radius 1 is 1.28 bits per heavy atom. The summed E-state index contributed by atoms with van der Waals surface area (Å²) in [6.45, 7) is 9.13. The maximum atomic E-state index is 3.78. The molecule has 1 fully saturated rings. The third kappa shape index (κ3) is 3.14. The predicted molar refractivity (Wildman–Crippen MR) is 79.0 cm³/mol. The van der Waals surface area contributed by atoms with Crippen molar-refractivity contribution in [1.29, 1.82) is 0 Å². The molecule has 0 aromatic heterocycles. The smallest absolute Gasteiger partial charge is 0.00813 e. The van der Waals surface area contributed by atoms with Gasteiger partial charge in [0.25, 0.3) is 0 Å². The summed E-state index contributed by atoms with van der Waals surface area (Å²) in [6.07, 6.45) is 3.89. The van der Waals surface area contributed by atoms with Crippen molar-refractivity contribution < 1.29 is 0 Å². The van der Waals surface area contributed by atoms with Crippen LogP contribution in [0.2, 0.25) is 0 Å². The largest absolute Gasteiger partial charge is 0.311 e. The van der Waals surface area contributed by atoms with Crippen molar-refractivity contribution in [3.05, 3.63) is 35.4 Å². The summed E-state index contributed by atoms with van der Waals surface area (Å²) in [5, 5.41) is 3.78. The Bertz CT molecular complexity index is 379. The summed E-state index contributed by atoms with van der Waals surface area (Å²) in [7, 11) is 0. The number of hydrogen-bond donors (Lipinski definition) is 1. The summed E-state index contributed by atoms with van der Waals surface area (Å²) in [6, 6.07) is 10.4. The molecule has 0 radical (unpaired) electrons. The Morgan fingerprint density at radius 2 is 2.00 bits per heavy atom. The summed E-state index contributed by atoms with van der Waals surface area (Å²) in [5.74, 6) is 1.56. The van der Waals surface area contributed by atoms with Crippen LogP contribution in [0.5, 0.6) is 0 Å². The Balaban J connectivity index is 1.80. The standard InChI is InChI=1S/C17H27N/c1-5-13(3)14(4)18-17-10-16(11-17)15-8-6-7-12(2)9-15/h6-9,13-14,16-18H,5,10-11H2,1-4H3. The number of nitrogens with one attached hydrogen (secondary N) is 1. The van der Waals surface area contributed by atoms with Crippen molar-refractivity contribution >= 4 is 0 Å². The molecule has 0 bridgehead atoms. The Hall–Kier alpha value is -0.820.